The minimum absolute atomic E-state index is 0.163. The molecule has 1 amide bonds. The molecule has 0 spiro atoms. The summed E-state index contributed by atoms with van der Waals surface area (Å²) < 4.78 is 5.35. The molecule has 0 aliphatic rings. The van der Waals surface area contributed by atoms with Crippen LogP contribution in [0.15, 0.2) is 18.3 Å². The number of hydrogen-bond acceptors (Lipinski definition) is 4. The zero-order chi connectivity index (χ0) is 14.3. The lowest BCUT2D eigenvalue weighted by molar-refractivity contribution is -0.122. The number of pyridine rings is 1. The molecule has 3 N–H and O–H groups in total. The van der Waals surface area contributed by atoms with E-state index in [1.165, 1.54) is 0 Å². The molecule has 0 aliphatic heterocycles. The SMILES string of the molecule is CC(C)C[C@H](N)C(=O)NCCOc1ncccc1Cl. The maximum Gasteiger partial charge on any atom is 0.237 e. The van der Waals surface area contributed by atoms with Crippen molar-refractivity contribution in [3.8, 4) is 5.88 Å². The number of amides is 1. The number of rotatable bonds is 7. The molecule has 106 valence electrons. The average Bonchev–Trinajstić information content (AvgIpc) is 2.35. The molecule has 0 unspecified atom stereocenters. The maximum atomic E-state index is 11.6. The highest BCUT2D eigenvalue weighted by atomic mass is 35.5. The first-order chi connectivity index (χ1) is 9.00. The second kappa shape index (κ2) is 7.96. The number of nitrogens with one attached hydrogen (secondary N) is 1. The highest BCUT2D eigenvalue weighted by Gasteiger charge is 2.14. The Bertz CT molecular complexity index is 413. The monoisotopic (exact) mass is 285 g/mol. The Kier molecular flexibility index (Phi) is 6.59. The molecule has 1 aromatic heterocycles. The first-order valence-corrected chi connectivity index (χ1v) is 6.65. The zero-order valence-electron chi connectivity index (χ0n) is 11.2. The first kappa shape index (κ1) is 15.7. The Balaban J connectivity index is 2.24. The van der Waals surface area contributed by atoms with Gasteiger partial charge in [0.1, 0.15) is 11.6 Å². The third-order valence-electron chi connectivity index (χ3n) is 2.43. The molecule has 0 aromatic carbocycles. The van der Waals surface area contributed by atoms with Gasteiger partial charge < -0.3 is 15.8 Å². The van der Waals surface area contributed by atoms with Gasteiger partial charge in [-0.2, -0.15) is 0 Å². The summed E-state index contributed by atoms with van der Waals surface area (Å²) in [6.07, 6.45) is 2.26. The van der Waals surface area contributed by atoms with Gasteiger partial charge in [-0.25, -0.2) is 4.98 Å². The van der Waals surface area contributed by atoms with Crippen molar-refractivity contribution in [2.45, 2.75) is 26.3 Å². The van der Waals surface area contributed by atoms with E-state index in [2.05, 4.69) is 10.3 Å². The van der Waals surface area contributed by atoms with Crippen molar-refractivity contribution < 1.29 is 9.53 Å². The second-order valence-corrected chi connectivity index (χ2v) is 5.07. The smallest absolute Gasteiger partial charge is 0.237 e. The molecule has 0 radical (unpaired) electrons. The van der Waals surface area contributed by atoms with Crippen LogP contribution in [0.5, 0.6) is 5.88 Å². The van der Waals surface area contributed by atoms with Gasteiger partial charge in [0.25, 0.3) is 0 Å². The molecule has 0 saturated carbocycles. The topological polar surface area (TPSA) is 77.2 Å². The van der Waals surface area contributed by atoms with Crippen LogP contribution in [0.4, 0.5) is 0 Å². The predicted octanol–water partition coefficient (Wildman–Crippen LogP) is 1.60. The van der Waals surface area contributed by atoms with E-state index < -0.39 is 6.04 Å². The van der Waals surface area contributed by atoms with Gasteiger partial charge in [-0.05, 0) is 24.5 Å². The summed E-state index contributed by atoms with van der Waals surface area (Å²) in [7, 11) is 0. The number of hydrogen-bond donors (Lipinski definition) is 2. The Morgan fingerprint density at radius 2 is 2.32 bits per heavy atom. The summed E-state index contributed by atoms with van der Waals surface area (Å²) in [4.78, 5) is 15.6. The Morgan fingerprint density at radius 3 is 2.95 bits per heavy atom. The average molecular weight is 286 g/mol. The third-order valence-corrected chi connectivity index (χ3v) is 2.71. The van der Waals surface area contributed by atoms with Gasteiger partial charge in [-0.1, -0.05) is 25.4 Å². The fourth-order valence-electron chi connectivity index (χ4n) is 1.55. The minimum Gasteiger partial charge on any atom is -0.475 e. The molecule has 6 heteroatoms. The number of nitrogens with two attached hydrogens (primary N) is 1. The van der Waals surface area contributed by atoms with Crippen LogP contribution in [0.2, 0.25) is 5.02 Å². The standard InChI is InChI=1S/C13H20ClN3O2/c1-9(2)8-11(15)12(18)16-6-7-19-13-10(14)4-3-5-17-13/h3-5,9,11H,6-8,15H2,1-2H3,(H,16,18)/t11-/m0/s1. The molecule has 1 rings (SSSR count). The molecule has 19 heavy (non-hydrogen) atoms. The van der Waals surface area contributed by atoms with Crippen molar-refractivity contribution in [2.75, 3.05) is 13.2 Å². The molecular weight excluding hydrogens is 266 g/mol. The van der Waals surface area contributed by atoms with E-state index in [0.29, 0.717) is 36.4 Å². The molecule has 1 aromatic rings. The molecule has 0 aliphatic carbocycles. The molecule has 0 bridgehead atoms. The van der Waals surface area contributed by atoms with Gasteiger partial charge in [0.2, 0.25) is 11.8 Å². The number of carbonyl (C=O) groups excluding carboxylic acids is 1. The van der Waals surface area contributed by atoms with Crippen LogP contribution in [-0.4, -0.2) is 30.1 Å². The van der Waals surface area contributed by atoms with Crippen molar-refractivity contribution in [3.63, 3.8) is 0 Å². The van der Waals surface area contributed by atoms with Gasteiger partial charge in [-0.15, -0.1) is 0 Å². The molecule has 1 heterocycles. The van der Waals surface area contributed by atoms with E-state index in [4.69, 9.17) is 22.1 Å². The van der Waals surface area contributed by atoms with Crippen LogP contribution in [0.1, 0.15) is 20.3 Å². The molecule has 0 fully saturated rings. The summed E-state index contributed by atoms with van der Waals surface area (Å²) in [5.74, 6) is 0.596. The van der Waals surface area contributed by atoms with Crippen LogP contribution < -0.4 is 15.8 Å². The summed E-state index contributed by atoms with van der Waals surface area (Å²) in [6.45, 7) is 4.73. The summed E-state index contributed by atoms with van der Waals surface area (Å²) in [5.41, 5.74) is 5.75. The number of aromatic nitrogens is 1. The number of nitrogens with zero attached hydrogens (tertiary/aromatic N) is 1. The second-order valence-electron chi connectivity index (χ2n) is 4.67. The van der Waals surface area contributed by atoms with Crippen molar-refractivity contribution in [3.05, 3.63) is 23.4 Å². The maximum absolute atomic E-state index is 11.6. The molecule has 5 nitrogen and oxygen atoms in total. The van der Waals surface area contributed by atoms with Crippen LogP contribution in [0, 0.1) is 5.92 Å². The third kappa shape index (κ3) is 5.89. The Hall–Kier alpha value is -1.33. The number of ether oxygens (including phenoxy) is 1. The molecular formula is C13H20ClN3O2. The van der Waals surface area contributed by atoms with Gasteiger partial charge in [-0.3, -0.25) is 4.79 Å². The molecule has 0 saturated heterocycles. The van der Waals surface area contributed by atoms with E-state index in [-0.39, 0.29) is 5.91 Å². The zero-order valence-corrected chi connectivity index (χ0v) is 12.0. The van der Waals surface area contributed by atoms with E-state index >= 15 is 0 Å². The van der Waals surface area contributed by atoms with Crippen LogP contribution in [0.3, 0.4) is 0 Å². The lowest BCUT2D eigenvalue weighted by Gasteiger charge is -2.14. The summed E-state index contributed by atoms with van der Waals surface area (Å²) in [5, 5.41) is 3.17. The highest BCUT2D eigenvalue weighted by molar-refractivity contribution is 6.31. The van der Waals surface area contributed by atoms with Crippen LogP contribution in [-0.2, 0) is 4.79 Å². The largest absolute Gasteiger partial charge is 0.475 e. The minimum atomic E-state index is -0.474. The normalized spacial score (nSPS) is 12.3. The Labute approximate surface area is 118 Å². The van der Waals surface area contributed by atoms with Gasteiger partial charge >= 0.3 is 0 Å². The van der Waals surface area contributed by atoms with Crippen molar-refractivity contribution in [1.82, 2.24) is 10.3 Å². The van der Waals surface area contributed by atoms with Crippen molar-refractivity contribution >= 4 is 17.5 Å². The quantitative estimate of drug-likeness (QED) is 0.746. The Morgan fingerprint density at radius 1 is 1.58 bits per heavy atom. The lowest BCUT2D eigenvalue weighted by atomic mass is 10.0. The first-order valence-electron chi connectivity index (χ1n) is 6.27. The van der Waals surface area contributed by atoms with E-state index in [0.717, 1.165) is 0 Å². The lowest BCUT2D eigenvalue weighted by Crippen LogP contribution is -2.42. The van der Waals surface area contributed by atoms with Crippen LogP contribution in [0.25, 0.3) is 0 Å². The predicted molar refractivity (Wildman–Crippen MR) is 75.2 cm³/mol. The number of carbonyl (C=O) groups is 1. The van der Waals surface area contributed by atoms with Gasteiger partial charge in [0, 0.05) is 6.20 Å². The van der Waals surface area contributed by atoms with E-state index in [9.17, 15) is 4.79 Å². The highest BCUT2D eigenvalue weighted by Crippen LogP contribution is 2.19. The fraction of sp³-hybridized carbons (Fsp3) is 0.538. The van der Waals surface area contributed by atoms with E-state index in [1.807, 2.05) is 13.8 Å². The summed E-state index contributed by atoms with van der Waals surface area (Å²) >= 11 is 5.88. The molecule has 1 atom stereocenters. The van der Waals surface area contributed by atoms with Crippen molar-refractivity contribution in [1.29, 1.82) is 0 Å². The van der Waals surface area contributed by atoms with E-state index in [1.54, 1.807) is 18.3 Å². The van der Waals surface area contributed by atoms with Crippen LogP contribution >= 0.6 is 11.6 Å². The van der Waals surface area contributed by atoms with Crippen molar-refractivity contribution in [2.24, 2.45) is 11.7 Å². The summed E-state index contributed by atoms with van der Waals surface area (Å²) in [6, 6.07) is 2.95. The number of halogens is 1. The van der Waals surface area contributed by atoms with Gasteiger partial charge in [0.05, 0.1) is 12.6 Å². The van der Waals surface area contributed by atoms with Gasteiger partial charge in [0.15, 0.2) is 0 Å². The fourth-order valence-corrected chi connectivity index (χ4v) is 1.72.